The van der Waals surface area contributed by atoms with E-state index in [2.05, 4.69) is 15.2 Å². The van der Waals surface area contributed by atoms with Crippen molar-refractivity contribution in [3.05, 3.63) is 77.6 Å². The van der Waals surface area contributed by atoms with Crippen molar-refractivity contribution in [2.45, 2.75) is 18.7 Å². The highest BCUT2D eigenvalue weighted by Crippen LogP contribution is 2.34. The van der Waals surface area contributed by atoms with E-state index >= 15 is 0 Å². The van der Waals surface area contributed by atoms with Crippen LogP contribution in [-0.4, -0.2) is 59.2 Å². The number of carbonyl (C=O) groups excluding carboxylic acids is 1. The van der Waals surface area contributed by atoms with Gasteiger partial charge in [0.05, 0.1) is 17.2 Å². The quantitative estimate of drug-likeness (QED) is 0.491. The largest absolute Gasteiger partial charge is 0.417 e. The lowest BCUT2D eigenvalue weighted by atomic mass is 10.0. The molecule has 1 saturated heterocycles. The number of benzene rings is 2. The van der Waals surface area contributed by atoms with Crippen LogP contribution in [0, 0.1) is 22.7 Å². The van der Waals surface area contributed by atoms with Crippen molar-refractivity contribution >= 4 is 17.3 Å². The maximum absolute atomic E-state index is 13.2. The Kier molecular flexibility index (Phi) is 7.86. The summed E-state index contributed by atoms with van der Waals surface area (Å²) in [5, 5.41) is 31.2. The lowest BCUT2D eigenvalue weighted by Gasteiger charge is -2.38. The molecule has 1 amide bonds. The number of nitrogens with zero attached hydrogens (tertiary/aromatic N) is 5. The minimum absolute atomic E-state index is 0.00269. The number of alkyl halides is 3. The van der Waals surface area contributed by atoms with E-state index in [1.165, 1.54) is 19.1 Å². The Labute approximate surface area is 223 Å². The molecule has 200 valence electrons. The number of aliphatic hydroxyl groups is 1. The molecule has 2 heterocycles. The van der Waals surface area contributed by atoms with Crippen LogP contribution in [0.3, 0.4) is 0 Å². The van der Waals surface area contributed by atoms with E-state index in [1.807, 2.05) is 41.3 Å². The summed E-state index contributed by atoms with van der Waals surface area (Å²) in [7, 11) is 0. The summed E-state index contributed by atoms with van der Waals surface area (Å²) in [5.74, 6) is -0.839. The lowest BCUT2D eigenvalue weighted by molar-refractivity contribution is -0.138. The van der Waals surface area contributed by atoms with Gasteiger partial charge in [0, 0.05) is 50.3 Å². The molecule has 4 rings (SSSR count). The van der Waals surface area contributed by atoms with Crippen LogP contribution in [0.5, 0.6) is 0 Å². The fraction of sp³-hybridized carbons (Fsp3) is 0.286. The van der Waals surface area contributed by atoms with Crippen LogP contribution in [0.15, 0.2) is 60.8 Å². The molecular formula is C28H25F3N6O2. The Morgan fingerprint density at radius 2 is 1.69 bits per heavy atom. The highest BCUT2D eigenvalue weighted by Gasteiger charge is 2.36. The first-order valence-electron chi connectivity index (χ1n) is 12.1. The van der Waals surface area contributed by atoms with E-state index in [1.54, 1.807) is 12.3 Å². The van der Waals surface area contributed by atoms with Gasteiger partial charge in [-0.1, -0.05) is 12.1 Å². The normalized spacial score (nSPS) is 15.6. The maximum Gasteiger partial charge on any atom is 0.417 e. The second-order valence-corrected chi connectivity index (χ2v) is 9.45. The summed E-state index contributed by atoms with van der Waals surface area (Å²) in [5.41, 5.74) is -0.501. The number of hydrogen-bond donors (Lipinski definition) is 2. The number of hydrogen-bond acceptors (Lipinski definition) is 7. The SMILES string of the molecule is C[C@](O)(CN1CCN(c2ccc(-c3ccnc(C#N)c3)cc2)CC1)C(=O)Nc1ccc(C#N)c(C(F)(F)F)c1. The molecule has 1 aliphatic heterocycles. The van der Waals surface area contributed by atoms with Crippen molar-refractivity contribution in [1.82, 2.24) is 9.88 Å². The summed E-state index contributed by atoms with van der Waals surface area (Å²) < 4.78 is 39.7. The lowest BCUT2D eigenvalue weighted by Crippen LogP contribution is -2.54. The summed E-state index contributed by atoms with van der Waals surface area (Å²) in [4.78, 5) is 20.8. The monoisotopic (exact) mass is 534 g/mol. The molecule has 2 aromatic carbocycles. The zero-order chi connectivity index (χ0) is 28.2. The number of amides is 1. The van der Waals surface area contributed by atoms with Gasteiger partial charge in [-0.15, -0.1) is 0 Å². The first kappa shape index (κ1) is 27.6. The Morgan fingerprint density at radius 1 is 1.00 bits per heavy atom. The summed E-state index contributed by atoms with van der Waals surface area (Å²) in [6.07, 6.45) is -3.16. The second kappa shape index (κ2) is 11.1. The number of pyridine rings is 1. The van der Waals surface area contributed by atoms with Gasteiger partial charge in [0.1, 0.15) is 11.8 Å². The number of aromatic nitrogens is 1. The summed E-state index contributed by atoms with van der Waals surface area (Å²) >= 11 is 0. The minimum Gasteiger partial charge on any atom is -0.379 e. The average Bonchev–Trinajstić information content (AvgIpc) is 2.93. The van der Waals surface area contributed by atoms with Gasteiger partial charge in [-0.05, 0) is 60.5 Å². The van der Waals surface area contributed by atoms with E-state index in [0.29, 0.717) is 37.9 Å². The number of nitriles is 2. The van der Waals surface area contributed by atoms with Crippen LogP contribution in [0.25, 0.3) is 11.1 Å². The molecule has 0 saturated carbocycles. The van der Waals surface area contributed by atoms with Gasteiger partial charge in [-0.2, -0.15) is 23.7 Å². The number of halogens is 3. The standard InChI is InChI=1S/C28H25F3N6O2/c1-27(39,26(38)35-22-5-2-21(16-32)25(15-22)28(29,30)31)18-36-10-12-37(13-11-36)24-6-3-19(4-7-24)20-8-9-34-23(14-20)17-33/h2-9,14-15,39H,10-13,18H2,1H3,(H,35,38)/t27-/m0/s1. The number of carbonyl (C=O) groups is 1. The van der Waals surface area contributed by atoms with Crippen molar-refractivity contribution in [2.24, 2.45) is 0 Å². The van der Waals surface area contributed by atoms with E-state index in [4.69, 9.17) is 10.5 Å². The Bertz CT molecular complexity index is 1430. The van der Waals surface area contributed by atoms with Crippen molar-refractivity contribution in [2.75, 3.05) is 42.9 Å². The molecule has 39 heavy (non-hydrogen) atoms. The summed E-state index contributed by atoms with van der Waals surface area (Å²) in [6, 6.07) is 17.9. The van der Waals surface area contributed by atoms with Crippen LogP contribution in [0.1, 0.15) is 23.7 Å². The van der Waals surface area contributed by atoms with Gasteiger partial charge in [-0.3, -0.25) is 9.69 Å². The molecule has 0 spiro atoms. The third-order valence-electron chi connectivity index (χ3n) is 6.54. The molecule has 2 N–H and O–H groups in total. The molecule has 3 aromatic rings. The minimum atomic E-state index is -4.76. The highest BCUT2D eigenvalue weighted by molar-refractivity contribution is 5.97. The predicted molar refractivity (Wildman–Crippen MR) is 138 cm³/mol. The molecule has 1 fully saturated rings. The number of anilines is 2. The van der Waals surface area contributed by atoms with Crippen LogP contribution >= 0.6 is 0 Å². The first-order chi connectivity index (χ1) is 18.5. The highest BCUT2D eigenvalue weighted by atomic mass is 19.4. The van der Waals surface area contributed by atoms with Crippen molar-refractivity contribution in [3.63, 3.8) is 0 Å². The zero-order valence-corrected chi connectivity index (χ0v) is 21.0. The Hall–Kier alpha value is -4.45. The molecule has 1 aromatic heterocycles. The third-order valence-corrected chi connectivity index (χ3v) is 6.54. The molecule has 8 nitrogen and oxygen atoms in total. The van der Waals surface area contributed by atoms with Crippen molar-refractivity contribution < 1.29 is 23.1 Å². The van der Waals surface area contributed by atoms with Crippen LogP contribution in [-0.2, 0) is 11.0 Å². The molecule has 0 aliphatic carbocycles. The zero-order valence-electron chi connectivity index (χ0n) is 21.0. The van der Waals surface area contributed by atoms with Crippen LogP contribution in [0.2, 0.25) is 0 Å². The third kappa shape index (κ3) is 6.52. The van der Waals surface area contributed by atoms with Crippen molar-refractivity contribution in [3.8, 4) is 23.3 Å². The first-order valence-corrected chi connectivity index (χ1v) is 12.1. The van der Waals surface area contributed by atoms with Crippen LogP contribution in [0.4, 0.5) is 24.5 Å². The van der Waals surface area contributed by atoms with Gasteiger partial charge in [0.15, 0.2) is 5.60 Å². The predicted octanol–water partition coefficient (Wildman–Crippen LogP) is 4.02. The Morgan fingerprint density at radius 3 is 2.31 bits per heavy atom. The van der Waals surface area contributed by atoms with Gasteiger partial charge in [0.25, 0.3) is 5.91 Å². The maximum atomic E-state index is 13.2. The van der Waals surface area contributed by atoms with E-state index in [0.717, 1.165) is 22.9 Å². The van der Waals surface area contributed by atoms with E-state index in [-0.39, 0.29) is 12.2 Å². The van der Waals surface area contributed by atoms with E-state index < -0.39 is 28.8 Å². The number of rotatable bonds is 6. The molecule has 1 atom stereocenters. The summed E-state index contributed by atoms with van der Waals surface area (Å²) in [6.45, 7) is 3.74. The molecule has 11 heteroatoms. The molecule has 0 unspecified atom stereocenters. The number of β-amino-alcohol motifs (C(OH)–C–C–N with tert-alkyl or cyclic N) is 1. The van der Waals surface area contributed by atoms with Crippen molar-refractivity contribution in [1.29, 1.82) is 10.5 Å². The molecule has 0 radical (unpaired) electrons. The van der Waals surface area contributed by atoms with E-state index in [9.17, 15) is 23.1 Å². The van der Waals surface area contributed by atoms with Gasteiger partial charge in [0.2, 0.25) is 0 Å². The van der Waals surface area contributed by atoms with Gasteiger partial charge < -0.3 is 15.3 Å². The second-order valence-electron chi connectivity index (χ2n) is 9.45. The number of nitrogens with one attached hydrogen (secondary N) is 1. The fourth-order valence-corrected chi connectivity index (χ4v) is 4.43. The molecule has 1 aliphatic rings. The smallest absolute Gasteiger partial charge is 0.379 e. The number of piperazine rings is 1. The topological polar surface area (TPSA) is 116 Å². The molecule has 0 bridgehead atoms. The fourth-order valence-electron chi connectivity index (χ4n) is 4.43. The van der Waals surface area contributed by atoms with Gasteiger partial charge >= 0.3 is 6.18 Å². The van der Waals surface area contributed by atoms with Gasteiger partial charge in [-0.25, -0.2) is 4.98 Å². The Balaban J connectivity index is 1.34. The molecular weight excluding hydrogens is 509 g/mol. The average molecular weight is 535 g/mol. The van der Waals surface area contributed by atoms with Crippen LogP contribution < -0.4 is 10.2 Å².